The van der Waals surface area contributed by atoms with Crippen molar-refractivity contribution in [2.24, 2.45) is 0 Å². The van der Waals surface area contributed by atoms with Crippen molar-refractivity contribution in [2.75, 3.05) is 18.4 Å². The smallest absolute Gasteiger partial charge is 0.261 e. The number of sulfonamides is 1. The van der Waals surface area contributed by atoms with Crippen LogP contribution in [-0.4, -0.2) is 51.5 Å². The van der Waals surface area contributed by atoms with Gasteiger partial charge in [-0.2, -0.15) is 9.40 Å². The third kappa shape index (κ3) is 4.60. The second-order valence-corrected chi connectivity index (χ2v) is 10.3. The first-order valence-corrected chi connectivity index (χ1v) is 12.8. The number of carbonyl (C=O) groups is 1. The first-order valence-electron chi connectivity index (χ1n) is 11.3. The molecule has 5 rings (SSSR count). The molecule has 11 heteroatoms. The van der Waals surface area contributed by atoms with Crippen molar-refractivity contribution < 1.29 is 13.2 Å². The maximum Gasteiger partial charge on any atom is 0.261 e. The highest BCUT2D eigenvalue weighted by molar-refractivity contribution is 7.89. The summed E-state index contributed by atoms with van der Waals surface area (Å²) in [4.78, 5) is 31.7. The van der Waals surface area contributed by atoms with Gasteiger partial charge in [0.2, 0.25) is 15.9 Å². The van der Waals surface area contributed by atoms with Gasteiger partial charge in [-0.15, -0.1) is 0 Å². The van der Waals surface area contributed by atoms with Crippen LogP contribution < -0.4 is 10.9 Å². The third-order valence-corrected chi connectivity index (χ3v) is 7.96. The van der Waals surface area contributed by atoms with Crippen LogP contribution in [0.3, 0.4) is 0 Å². The lowest BCUT2D eigenvalue weighted by Gasteiger charge is -2.15. The van der Waals surface area contributed by atoms with E-state index in [4.69, 9.17) is 0 Å². The van der Waals surface area contributed by atoms with E-state index in [0.29, 0.717) is 41.9 Å². The van der Waals surface area contributed by atoms with E-state index in [1.807, 2.05) is 6.07 Å². The first-order chi connectivity index (χ1) is 16.9. The monoisotopic (exact) mass is 492 g/mol. The van der Waals surface area contributed by atoms with Gasteiger partial charge >= 0.3 is 0 Å². The van der Waals surface area contributed by atoms with Crippen LogP contribution in [0.2, 0.25) is 0 Å². The van der Waals surface area contributed by atoms with Crippen LogP contribution in [0.1, 0.15) is 24.8 Å². The molecular formula is C24H24N6O4S. The summed E-state index contributed by atoms with van der Waals surface area (Å²) in [6, 6.07) is 13.9. The Morgan fingerprint density at radius 2 is 1.80 bits per heavy atom. The summed E-state index contributed by atoms with van der Waals surface area (Å²) < 4.78 is 28.4. The zero-order valence-electron chi connectivity index (χ0n) is 18.8. The number of rotatable bonds is 7. The van der Waals surface area contributed by atoms with Crippen LogP contribution in [0.4, 0.5) is 5.69 Å². The van der Waals surface area contributed by atoms with Crippen LogP contribution in [0, 0.1) is 0 Å². The average Bonchev–Trinajstić information content (AvgIpc) is 3.55. The fraction of sp³-hybridized carbons (Fsp3) is 0.250. The van der Waals surface area contributed by atoms with Gasteiger partial charge in [-0.25, -0.2) is 18.1 Å². The minimum absolute atomic E-state index is 0.200. The topological polar surface area (TPSA) is 130 Å². The summed E-state index contributed by atoms with van der Waals surface area (Å²) in [6.45, 7) is 1.12. The summed E-state index contributed by atoms with van der Waals surface area (Å²) in [6.07, 6.45) is 5.20. The Hall–Kier alpha value is -3.83. The molecule has 35 heavy (non-hydrogen) atoms. The van der Waals surface area contributed by atoms with E-state index in [1.54, 1.807) is 42.5 Å². The van der Waals surface area contributed by atoms with Crippen molar-refractivity contribution in [3.63, 3.8) is 0 Å². The Morgan fingerprint density at radius 1 is 1.06 bits per heavy atom. The molecule has 1 aliphatic heterocycles. The molecule has 3 heterocycles. The van der Waals surface area contributed by atoms with Crippen LogP contribution in [-0.2, 0) is 21.2 Å². The van der Waals surface area contributed by atoms with Gasteiger partial charge < -0.3 is 10.3 Å². The highest BCUT2D eigenvalue weighted by Gasteiger charge is 2.26. The third-order valence-electron chi connectivity index (χ3n) is 6.04. The van der Waals surface area contributed by atoms with Crippen molar-refractivity contribution in [2.45, 2.75) is 30.6 Å². The van der Waals surface area contributed by atoms with Crippen LogP contribution in [0.15, 0.2) is 70.7 Å². The van der Waals surface area contributed by atoms with E-state index < -0.39 is 10.0 Å². The van der Waals surface area contributed by atoms with Gasteiger partial charge in [-0.1, -0.05) is 24.3 Å². The van der Waals surface area contributed by atoms with Gasteiger partial charge in [0.05, 0.1) is 28.8 Å². The van der Waals surface area contributed by atoms with Gasteiger partial charge in [0.25, 0.3) is 5.56 Å². The molecule has 0 atom stereocenters. The quantitative estimate of drug-likeness (QED) is 0.408. The number of nitrogens with one attached hydrogen (secondary N) is 2. The highest BCUT2D eigenvalue weighted by Crippen LogP contribution is 2.23. The van der Waals surface area contributed by atoms with Crippen LogP contribution in [0.5, 0.6) is 0 Å². The van der Waals surface area contributed by atoms with E-state index in [0.717, 1.165) is 18.4 Å². The molecule has 1 saturated heterocycles. The molecule has 1 amide bonds. The second-order valence-electron chi connectivity index (χ2n) is 8.35. The zero-order valence-corrected chi connectivity index (χ0v) is 19.7. The number of aromatic nitrogens is 4. The minimum atomic E-state index is -3.45. The largest absolute Gasteiger partial charge is 0.324 e. The number of aromatic amines is 1. The molecular weight excluding hydrogens is 468 g/mol. The molecule has 0 spiro atoms. The number of amides is 1. The molecule has 1 aliphatic rings. The van der Waals surface area contributed by atoms with Crippen molar-refractivity contribution in [3.8, 4) is 5.69 Å². The number of nitrogens with zero attached hydrogens (tertiary/aromatic N) is 4. The van der Waals surface area contributed by atoms with Crippen LogP contribution >= 0.6 is 0 Å². The predicted molar refractivity (Wildman–Crippen MR) is 131 cm³/mol. The Kier molecular flexibility index (Phi) is 6.18. The maximum absolute atomic E-state index is 12.7. The number of fused-ring (bicyclic) bond motifs is 1. The predicted octanol–water partition coefficient (Wildman–Crippen LogP) is 2.46. The summed E-state index contributed by atoms with van der Waals surface area (Å²) in [7, 11) is -3.45. The normalized spacial score (nSPS) is 14.4. The lowest BCUT2D eigenvalue weighted by molar-refractivity contribution is -0.116. The number of hydrogen-bond donors (Lipinski definition) is 2. The lowest BCUT2D eigenvalue weighted by Crippen LogP contribution is -2.27. The molecule has 4 aromatic rings. The molecule has 0 unspecified atom stereocenters. The van der Waals surface area contributed by atoms with E-state index in [-0.39, 0.29) is 22.8 Å². The second kappa shape index (κ2) is 9.43. The fourth-order valence-electron chi connectivity index (χ4n) is 4.17. The zero-order chi connectivity index (χ0) is 24.4. The Bertz CT molecular complexity index is 1540. The highest BCUT2D eigenvalue weighted by atomic mass is 32.2. The number of aryl methyl sites for hydroxylation is 1. The van der Waals surface area contributed by atoms with Gasteiger partial charge in [-0.3, -0.25) is 9.59 Å². The average molecular weight is 493 g/mol. The molecule has 2 N–H and O–H groups in total. The standard InChI is InChI=1S/C24H24N6O4S/c31-22(12-9-17-7-10-18(11-8-17)35(33,34)29-13-3-4-14-29)28-20-5-1-2-6-21(20)30-23-19(15-27-30)24(32)26-16-25-23/h1-2,5-8,10-11,15-16H,3-4,9,12-14H2,(H,28,31)(H,25,26,32). The first kappa shape index (κ1) is 22.9. The van der Waals surface area contributed by atoms with Crippen molar-refractivity contribution in [3.05, 3.63) is 77.0 Å². The lowest BCUT2D eigenvalue weighted by atomic mass is 10.1. The van der Waals surface area contributed by atoms with Gasteiger partial charge in [-0.05, 0) is 49.1 Å². The van der Waals surface area contributed by atoms with Crippen molar-refractivity contribution in [1.82, 2.24) is 24.1 Å². The number of H-pyrrole nitrogens is 1. The van der Waals surface area contributed by atoms with Gasteiger partial charge in [0.1, 0.15) is 5.39 Å². The summed E-state index contributed by atoms with van der Waals surface area (Å²) in [5, 5.41) is 7.53. The molecule has 2 aromatic carbocycles. The van der Waals surface area contributed by atoms with Crippen LogP contribution in [0.25, 0.3) is 16.7 Å². The van der Waals surface area contributed by atoms with Gasteiger partial charge in [0.15, 0.2) is 5.65 Å². The molecule has 0 aliphatic carbocycles. The summed E-state index contributed by atoms with van der Waals surface area (Å²) >= 11 is 0. The number of benzene rings is 2. The molecule has 0 radical (unpaired) electrons. The van der Waals surface area contributed by atoms with E-state index in [1.165, 1.54) is 21.5 Å². The summed E-state index contributed by atoms with van der Waals surface area (Å²) in [5.74, 6) is -0.200. The Labute approximate surface area is 201 Å². The van der Waals surface area contributed by atoms with E-state index in [9.17, 15) is 18.0 Å². The van der Waals surface area contributed by atoms with E-state index in [2.05, 4.69) is 20.4 Å². The molecule has 0 bridgehead atoms. The molecule has 10 nitrogen and oxygen atoms in total. The number of anilines is 1. The maximum atomic E-state index is 12.7. The van der Waals surface area contributed by atoms with E-state index >= 15 is 0 Å². The number of carbonyl (C=O) groups excluding carboxylic acids is 1. The van der Waals surface area contributed by atoms with Crippen molar-refractivity contribution in [1.29, 1.82) is 0 Å². The fourth-order valence-corrected chi connectivity index (χ4v) is 5.69. The SMILES string of the molecule is O=C(CCc1ccc(S(=O)(=O)N2CCCC2)cc1)Nc1ccccc1-n1ncc2c(=O)[nH]cnc21. The Morgan fingerprint density at radius 3 is 2.57 bits per heavy atom. The summed E-state index contributed by atoms with van der Waals surface area (Å²) in [5.41, 5.74) is 2.10. The Balaban J connectivity index is 1.27. The molecule has 0 saturated carbocycles. The number of para-hydroxylation sites is 2. The molecule has 180 valence electrons. The molecule has 1 fully saturated rings. The number of hydrogen-bond acceptors (Lipinski definition) is 6. The molecule has 2 aromatic heterocycles. The minimum Gasteiger partial charge on any atom is -0.324 e. The van der Waals surface area contributed by atoms with Gasteiger partial charge in [0, 0.05) is 19.5 Å². The van der Waals surface area contributed by atoms with Crippen molar-refractivity contribution >= 4 is 32.7 Å².